The Morgan fingerprint density at radius 3 is 2.11 bits per heavy atom. The van der Waals surface area contributed by atoms with E-state index < -0.39 is 11.8 Å². The van der Waals surface area contributed by atoms with Crippen molar-refractivity contribution in [3.05, 3.63) is 0 Å². The van der Waals surface area contributed by atoms with Gasteiger partial charge in [0.15, 0.2) is 0 Å². The number of aliphatic hydroxyl groups excluding tert-OH is 1. The summed E-state index contributed by atoms with van der Waals surface area (Å²) in [5.74, 6) is 0. The molecule has 0 saturated heterocycles. The fourth-order valence-electron chi connectivity index (χ4n) is 1.14. The van der Waals surface area contributed by atoms with Gasteiger partial charge in [0.25, 0.3) is 0 Å². The Bertz CT molecular complexity index is 104. The molecule has 1 aliphatic rings. The van der Waals surface area contributed by atoms with Crippen LogP contribution in [0.5, 0.6) is 0 Å². The van der Waals surface area contributed by atoms with Gasteiger partial charge in [0.1, 0.15) is 5.72 Å². The van der Waals surface area contributed by atoms with Gasteiger partial charge >= 0.3 is 0 Å². The molecule has 0 amide bonds. The Hall–Kier alpha value is -0.160. The normalized spacial score (nSPS) is 52.0. The van der Waals surface area contributed by atoms with Crippen LogP contribution in [0.15, 0.2) is 0 Å². The highest BCUT2D eigenvalue weighted by molar-refractivity contribution is 4.92. The van der Waals surface area contributed by atoms with Gasteiger partial charge in [0.2, 0.25) is 0 Å². The fourth-order valence-corrected chi connectivity index (χ4v) is 1.14. The Labute approximate surface area is 53.5 Å². The molecule has 0 heterocycles. The van der Waals surface area contributed by atoms with Gasteiger partial charge < -0.3 is 21.7 Å². The standard InChI is InChI=1S/C5H12N2O2/c6-3-1-5(7,9)2-4(3)8/h3-4,8-9H,1-2,6-7H2/t3?,4-,5+/m0/s1. The molecule has 0 aliphatic heterocycles. The van der Waals surface area contributed by atoms with Crippen molar-refractivity contribution in [3.63, 3.8) is 0 Å². The van der Waals surface area contributed by atoms with E-state index in [1.165, 1.54) is 0 Å². The summed E-state index contributed by atoms with van der Waals surface area (Å²) in [7, 11) is 0. The maximum atomic E-state index is 9.07. The van der Waals surface area contributed by atoms with Crippen LogP contribution in [-0.4, -0.2) is 28.1 Å². The van der Waals surface area contributed by atoms with Crippen molar-refractivity contribution in [2.45, 2.75) is 30.7 Å². The first kappa shape index (κ1) is 6.95. The number of hydrogen-bond acceptors (Lipinski definition) is 4. The Morgan fingerprint density at radius 2 is 2.00 bits per heavy atom. The van der Waals surface area contributed by atoms with E-state index in [1.807, 2.05) is 0 Å². The van der Waals surface area contributed by atoms with Crippen LogP contribution in [0.1, 0.15) is 12.8 Å². The van der Waals surface area contributed by atoms with Gasteiger partial charge in [0, 0.05) is 18.9 Å². The molecule has 1 unspecified atom stereocenters. The van der Waals surface area contributed by atoms with E-state index in [-0.39, 0.29) is 18.9 Å². The molecule has 0 aromatic rings. The summed E-state index contributed by atoms with van der Waals surface area (Å²) in [5.41, 5.74) is 9.40. The van der Waals surface area contributed by atoms with Crippen LogP contribution in [0.25, 0.3) is 0 Å². The lowest BCUT2D eigenvalue weighted by Gasteiger charge is -2.13. The second-order valence-corrected chi connectivity index (χ2v) is 2.74. The summed E-state index contributed by atoms with van der Waals surface area (Å²) < 4.78 is 0. The highest BCUT2D eigenvalue weighted by Crippen LogP contribution is 2.23. The molecule has 0 aromatic carbocycles. The molecule has 3 atom stereocenters. The topological polar surface area (TPSA) is 92.5 Å². The van der Waals surface area contributed by atoms with Gasteiger partial charge in [-0.2, -0.15) is 0 Å². The molecule has 1 fully saturated rings. The zero-order chi connectivity index (χ0) is 7.07. The highest BCUT2D eigenvalue weighted by atomic mass is 16.3. The smallest absolute Gasteiger partial charge is 0.117 e. The van der Waals surface area contributed by atoms with Gasteiger partial charge in [0.05, 0.1) is 6.10 Å². The van der Waals surface area contributed by atoms with Crippen molar-refractivity contribution >= 4 is 0 Å². The summed E-state index contributed by atoms with van der Waals surface area (Å²) in [4.78, 5) is 0. The Kier molecular flexibility index (Phi) is 1.48. The SMILES string of the molecule is NC1C[C@@](N)(O)C[C@@H]1O. The average Bonchev–Trinajstić information content (AvgIpc) is 1.79. The van der Waals surface area contributed by atoms with E-state index in [9.17, 15) is 0 Å². The molecule has 0 radical (unpaired) electrons. The molecule has 4 heteroatoms. The molecule has 0 aromatic heterocycles. The third kappa shape index (κ3) is 1.40. The van der Waals surface area contributed by atoms with Crippen LogP contribution in [0.2, 0.25) is 0 Å². The van der Waals surface area contributed by atoms with E-state index in [2.05, 4.69) is 0 Å². The van der Waals surface area contributed by atoms with Gasteiger partial charge in [-0.05, 0) is 0 Å². The van der Waals surface area contributed by atoms with Crippen LogP contribution in [0.4, 0.5) is 0 Å². The van der Waals surface area contributed by atoms with Crippen LogP contribution < -0.4 is 11.5 Å². The first-order valence-corrected chi connectivity index (χ1v) is 2.96. The maximum Gasteiger partial charge on any atom is 0.117 e. The predicted octanol–water partition coefficient (Wildman–Crippen LogP) is -1.88. The van der Waals surface area contributed by atoms with E-state index >= 15 is 0 Å². The van der Waals surface area contributed by atoms with Crippen molar-refractivity contribution in [1.82, 2.24) is 0 Å². The molecular formula is C5H12N2O2. The van der Waals surface area contributed by atoms with E-state index in [4.69, 9.17) is 21.7 Å². The molecule has 0 spiro atoms. The minimum atomic E-state index is -1.24. The van der Waals surface area contributed by atoms with Gasteiger partial charge in [-0.25, -0.2) is 0 Å². The third-order valence-corrected chi connectivity index (χ3v) is 1.65. The molecule has 1 aliphatic carbocycles. The zero-order valence-corrected chi connectivity index (χ0v) is 5.12. The molecule has 1 rings (SSSR count). The molecule has 54 valence electrons. The first-order chi connectivity index (χ1) is 4.01. The molecule has 0 bridgehead atoms. The van der Waals surface area contributed by atoms with E-state index in [1.54, 1.807) is 0 Å². The second-order valence-electron chi connectivity index (χ2n) is 2.74. The van der Waals surface area contributed by atoms with Crippen LogP contribution >= 0.6 is 0 Å². The number of hydrogen-bond donors (Lipinski definition) is 4. The van der Waals surface area contributed by atoms with Crippen molar-refractivity contribution in [2.75, 3.05) is 0 Å². The summed E-state index contributed by atoms with van der Waals surface area (Å²) in [6.07, 6.45) is -0.164. The lowest BCUT2D eigenvalue weighted by Crippen LogP contribution is -2.37. The highest BCUT2D eigenvalue weighted by Gasteiger charge is 2.38. The predicted molar refractivity (Wildman–Crippen MR) is 32.4 cm³/mol. The largest absolute Gasteiger partial charge is 0.391 e. The molecule has 6 N–H and O–H groups in total. The van der Waals surface area contributed by atoms with Crippen molar-refractivity contribution < 1.29 is 10.2 Å². The van der Waals surface area contributed by atoms with Crippen molar-refractivity contribution in [1.29, 1.82) is 0 Å². The minimum absolute atomic E-state index is 0.189. The van der Waals surface area contributed by atoms with Gasteiger partial charge in [-0.3, -0.25) is 0 Å². The first-order valence-electron chi connectivity index (χ1n) is 2.96. The van der Waals surface area contributed by atoms with Crippen LogP contribution in [-0.2, 0) is 0 Å². The van der Waals surface area contributed by atoms with Crippen LogP contribution in [0.3, 0.4) is 0 Å². The monoisotopic (exact) mass is 132 g/mol. The summed E-state index contributed by atoms with van der Waals surface area (Å²) in [6.45, 7) is 0. The molecule has 9 heavy (non-hydrogen) atoms. The van der Waals surface area contributed by atoms with Crippen molar-refractivity contribution in [3.8, 4) is 0 Å². The van der Waals surface area contributed by atoms with Gasteiger partial charge in [-0.1, -0.05) is 0 Å². The second kappa shape index (κ2) is 1.91. The lowest BCUT2D eigenvalue weighted by atomic mass is 10.2. The number of rotatable bonds is 0. The quantitative estimate of drug-likeness (QED) is 0.290. The van der Waals surface area contributed by atoms with Crippen molar-refractivity contribution in [2.24, 2.45) is 11.5 Å². The van der Waals surface area contributed by atoms with Gasteiger partial charge in [-0.15, -0.1) is 0 Å². The lowest BCUT2D eigenvalue weighted by molar-refractivity contribution is 0.0388. The minimum Gasteiger partial charge on any atom is -0.391 e. The average molecular weight is 132 g/mol. The Morgan fingerprint density at radius 1 is 1.44 bits per heavy atom. The molecule has 1 saturated carbocycles. The number of nitrogens with two attached hydrogens (primary N) is 2. The summed E-state index contributed by atoms with van der Waals surface area (Å²) >= 11 is 0. The van der Waals surface area contributed by atoms with Crippen LogP contribution in [0, 0.1) is 0 Å². The van der Waals surface area contributed by atoms with E-state index in [0.29, 0.717) is 0 Å². The summed E-state index contributed by atoms with van der Waals surface area (Å²) in [6, 6.07) is -0.361. The third-order valence-electron chi connectivity index (χ3n) is 1.65. The van der Waals surface area contributed by atoms with E-state index in [0.717, 1.165) is 0 Å². The fraction of sp³-hybridized carbons (Fsp3) is 1.00. The Balaban J connectivity index is 2.54. The summed E-state index contributed by atoms with van der Waals surface area (Å²) in [5, 5.41) is 18.0. The molecule has 4 nitrogen and oxygen atoms in total. The number of aliphatic hydroxyl groups is 2. The zero-order valence-electron chi connectivity index (χ0n) is 5.12. The maximum absolute atomic E-state index is 9.07. The molecular weight excluding hydrogens is 120 g/mol.